The summed E-state index contributed by atoms with van der Waals surface area (Å²) in [5.74, 6) is -1.68. The van der Waals surface area contributed by atoms with Crippen molar-refractivity contribution in [3.63, 3.8) is 0 Å². The average molecular weight is 322 g/mol. The molecule has 0 aliphatic rings. The van der Waals surface area contributed by atoms with E-state index in [1.165, 1.54) is 23.7 Å². The second-order valence-electron chi connectivity index (χ2n) is 4.55. The predicted molar refractivity (Wildman–Crippen MR) is 81.8 cm³/mol. The smallest absolute Gasteiger partial charge is 0.335 e. The van der Waals surface area contributed by atoms with Crippen molar-refractivity contribution >= 4 is 18.0 Å². The summed E-state index contributed by atoms with van der Waals surface area (Å²) in [5, 5.41) is 8.84. The first kappa shape index (κ1) is 16.3. The topological polar surface area (TPSA) is 55.8 Å². The number of ether oxygens (including phenoxy) is 1. The Hall–Kier alpha value is -2.05. The number of carboxylic acid groups (broad SMARTS) is 1. The number of carbonyl (C=O) groups is 1. The van der Waals surface area contributed by atoms with Crippen LogP contribution < -0.4 is 4.74 Å². The molecular weight excluding hydrogens is 307 g/mol. The summed E-state index contributed by atoms with van der Waals surface area (Å²) < 4.78 is 23.9. The van der Waals surface area contributed by atoms with Crippen LogP contribution in [0.3, 0.4) is 0 Å². The van der Waals surface area contributed by atoms with E-state index in [9.17, 15) is 9.18 Å². The first-order valence-corrected chi connectivity index (χ1v) is 7.31. The summed E-state index contributed by atoms with van der Waals surface area (Å²) in [6.07, 6.45) is 0. The van der Waals surface area contributed by atoms with Gasteiger partial charge in [-0.25, -0.2) is 9.18 Å². The Labute approximate surface area is 132 Å². The zero-order chi connectivity index (χ0) is 15.9. The minimum Gasteiger partial charge on any atom is -0.491 e. The van der Waals surface area contributed by atoms with E-state index in [1.54, 1.807) is 0 Å². The van der Waals surface area contributed by atoms with Crippen molar-refractivity contribution in [2.24, 2.45) is 0 Å². The van der Waals surface area contributed by atoms with Crippen LogP contribution >= 0.6 is 12.0 Å². The van der Waals surface area contributed by atoms with E-state index in [0.29, 0.717) is 0 Å². The lowest BCUT2D eigenvalue weighted by Crippen LogP contribution is -2.05. The number of benzene rings is 2. The molecule has 2 aromatic carbocycles. The summed E-state index contributed by atoms with van der Waals surface area (Å²) in [4.78, 5) is 11.8. The number of aryl methyl sites for hydroxylation is 1. The monoisotopic (exact) mass is 322 g/mol. The minimum absolute atomic E-state index is 0.148. The Balaban J connectivity index is 1.77. The van der Waals surface area contributed by atoms with Crippen LogP contribution in [0, 0.1) is 12.7 Å². The van der Waals surface area contributed by atoms with Crippen LogP contribution in [0.1, 0.15) is 15.9 Å². The van der Waals surface area contributed by atoms with E-state index in [2.05, 4.69) is 0 Å². The Kier molecular flexibility index (Phi) is 5.80. The molecule has 116 valence electrons. The normalized spacial score (nSPS) is 10.5. The highest BCUT2D eigenvalue weighted by molar-refractivity contribution is 7.94. The fourth-order valence-electron chi connectivity index (χ4n) is 1.67. The highest BCUT2D eigenvalue weighted by Gasteiger charge is 2.07. The van der Waals surface area contributed by atoms with Gasteiger partial charge in [0.2, 0.25) is 0 Å². The van der Waals surface area contributed by atoms with Gasteiger partial charge in [-0.2, -0.15) is 0 Å². The third-order valence-corrected chi connectivity index (χ3v) is 3.48. The van der Waals surface area contributed by atoms with Crippen molar-refractivity contribution in [2.45, 2.75) is 11.8 Å². The summed E-state index contributed by atoms with van der Waals surface area (Å²) in [7, 11) is 0. The molecule has 6 heteroatoms. The number of hydrogen-bond donors (Lipinski definition) is 1. The molecule has 0 aromatic heterocycles. The number of halogens is 1. The van der Waals surface area contributed by atoms with Gasteiger partial charge in [0, 0.05) is 23.0 Å². The molecule has 22 heavy (non-hydrogen) atoms. The van der Waals surface area contributed by atoms with Gasteiger partial charge in [0.1, 0.15) is 18.2 Å². The third kappa shape index (κ3) is 5.05. The molecule has 0 bridgehead atoms. The second kappa shape index (κ2) is 7.82. The van der Waals surface area contributed by atoms with Crippen LogP contribution in [0.4, 0.5) is 4.39 Å². The molecule has 0 atom stereocenters. The van der Waals surface area contributed by atoms with Crippen LogP contribution in [0.5, 0.6) is 5.75 Å². The maximum absolute atomic E-state index is 13.2. The van der Waals surface area contributed by atoms with Gasteiger partial charge in [-0.15, -0.1) is 0 Å². The molecule has 1 N–H and O–H groups in total. The standard InChI is InChI=1S/C16H15FO4S/c1-11-2-4-15(5-3-11)22-21-7-6-20-14-9-12(16(18)19)8-13(17)10-14/h2-5,8-10H,6-7H2,1H3,(H,18,19). The molecule has 0 amide bonds. The first-order chi connectivity index (χ1) is 10.5. The molecule has 0 aliphatic carbocycles. The van der Waals surface area contributed by atoms with Gasteiger partial charge >= 0.3 is 5.97 Å². The maximum atomic E-state index is 13.2. The lowest BCUT2D eigenvalue weighted by molar-refractivity contribution is 0.0695. The SMILES string of the molecule is Cc1ccc(SOCCOc2cc(F)cc(C(=O)O)c2)cc1. The fraction of sp³-hybridized carbons (Fsp3) is 0.188. The van der Waals surface area contributed by atoms with Gasteiger partial charge in [0.15, 0.2) is 0 Å². The molecule has 2 rings (SSSR count). The molecule has 0 spiro atoms. The van der Waals surface area contributed by atoms with E-state index in [-0.39, 0.29) is 24.5 Å². The van der Waals surface area contributed by atoms with Crippen molar-refractivity contribution < 1.29 is 23.2 Å². The molecular formula is C16H15FO4S. The van der Waals surface area contributed by atoms with Crippen molar-refractivity contribution in [1.82, 2.24) is 0 Å². The molecule has 2 aromatic rings. The minimum atomic E-state index is -1.20. The van der Waals surface area contributed by atoms with Crippen LogP contribution in [0.15, 0.2) is 47.4 Å². The molecule has 0 saturated carbocycles. The van der Waals surface area contributed by atoms with Crippen LogP contribution in [-0.4, -0.2) is 24.3 Å². The Morgan fingerprint density at radius 3 is 2.59 bits per heavy atom. The zero-order valence-electron chi connectivity index (χ0n) is 11.9. The van der Waals surface area contributed by atoms with Gasteiger partial charge in [0.05, 0.1) is 12.2 Å². The zero-order valence-corrected chi connectivity index (χ0v) is 12.7. The van der Waals surface area contributed by atoms with E-state index in [0.717, 1.165) is 17.0 Å². The molecule has 0 radical (unpaired) electrons. The van der Waals surface area contributed by atoms with Crippen LogP contribution in [0.25, 0.3) is 0 Å². The van der Waals surface area contributed by atoms with Crippen LogP contribution in [0.2, 0.25) is 0 Å². The number of carboxylic acids is 1. The van der Waals surface area contributed by atoms with Crippen molar-refractivity contribution in [3.8, 4) is 5.75 Å². The first-order valence-electron chi connectivity index (χ1n) is 6.57. The Morgan fingerprint density at radius 1 is 1.18 bits per heavy atom. The summed E-state index contributed by atoms with van der Waals surface area (Å²) in [6, 6.07) is 11.2. The Morgan fingerprint density at radius 2 is 1.91 bits per heavy atom. The van der Waals surface area contributed by atoms with E-state index in [4.69, 9.17) is 14.0 Å². The summed E-state index contributed by atoms with van der Waals surface area (Å²) >= 11 is 1.23. The largest absolute Gasteiger partial charge is 0.491 e. The van der Waals surface area contributed by atoms with Gasteiger partial charge in [-0.1, -0.05) is 17.7 Å². The predicted octanol–water partition coefficient (Wildman–Crippen LogP) is 3.94. The number of rotatable bonds is 7. The molecule has 0 unspecified atom stereocenters. The number of aromatic carboxylic acids is 1. The van der Waals surface area contributed by atoms with Crippen molar-refractivity contribution in [1.29, 1.82) is 0 Å². The molecule has 4 nitrogen and oxygen atoms in total. The fourth-order valence-corrected chi connectivity index (χ4v) is 2.20. The lowest BCUT2D eigenvalue weighted by Gasteiger charge is -2.07. The Bertz CT molecular complexity index is 643. The van der Waals surface area contributed by atoms with Gasteiger partial charge < -0.3 is 14.0 Å². The second-order valence-corrected chi connectivity index (χ2v) is 5.42. The van der Waals surface area contributed by atoms with Crippen LogP contribution in [-0.2, 0) is 4.18 Å². The molecule has 0 saturated heterocycles. The number of hydrogen-bond acceptors (Lipinski definition) is 4. The molecule has 0 aliphatic heterocycles. The maximum Gasteiger partial charge on any atom is 0.335 e. The van der Waals surface area contributed by atoms with Crippen molar-refractivity contribution in [2.75, 3.05) is 13.2 Å². The lowest BCUT2D eigenvalue weighted by atomic mass is 10.2. The average Bonchev–Trinajstić information content (AvgIpc) is 2.48. The van der Waals surface area contributed by atoms with Gasteiger partial charge in [-0.05, 0) is 31.2 Å². The molecule has 0 fully saturated rings. The van der Waals surface area contributed by atoms with E-state index >= 15 is 0 Å². The third-order valence-electron chi connectivity index (χ3n) is 2.73. The van der Waals surface area contributed by atoms with E-state index < -0.39 is 11.8 Å². The van der Waals surface area contributed by atoms with Gasteiger partial charge in [0.25, 0.3) is 0 Å². The van der Waals surface area contributed by atoms with Crippen molar-refractivity contribution in [3.05, 3.63) is 59.4 Å². The highest BCUT2D eigenvalue weighted by Crippen LogP contribution is 2.20. The highest BCUT2D eigenvalue weighted by atomic mass is 32.2. The van der Waals surface area contributed by atoms with E-state index in [1.807, 2.05) is 31.2 Å². The summed E-state index contributed by atoms with van der Waals surface area (Å²) in [5.41, 5.74) is 1.03. The quantitative estimate of drug-likeness (QED) is 0.618. The summed E-state index contributed by atoms with van der Waals surface area (Å²) in [6.45, 7) is 2.49. The van der Waals surface area contributed by atoms with Gasteiger partial charge in [-0.3, -0.25) is 0 Å². The molecule has 0 heterocycles.